The Bertz CT molecular complexity index is 1000. The second-order valence-electron chi connectivity index (χ2n) is 6.89. The number of ether oxygens (including phenoxy) is 2. The second kappa shape index (κ2) is 9.68. The van der Waals surface area contributed by atoms with E-state index in [9.17, 15) is 13.2 Å². The third-order valence-electron chi connectivity index (χ3n) is 5.14. The van der Waals surface area contributed by atoms with Gasteiger partial charge in [-0.25, -0.2) is 8.42 Å². The molecule has 2 aromatic carbocycles. The fourth-order valence-electron chi connectivity index (χ4n) is 3.45. The molecule has 2 aromatic rings. The van der Waals surface area contributed by atoms with Crippen LogP contribution in [0.4, 0.5) is 0 Å². The van der Waals surface area contributed by atoms with Crippen molar-refractivity contribution in [1.82, 2.24) is 9.21 Å². The minimum Gasteiger partial charge on any atom is -0.497 e. The van der Waals surface area contributed by atoms with Crippen LogP contribution in [-0.4, -0.2) is 63.9 Å². The van der Waals surface area contributed by atoms with Crippen molar-refractivity contribution in [2.45, 2.75) is 17.7 Å². The molecule has 0 atom stereocenters. The molecule has 9 heteroatoms. The van der Waals surface area contributed by atoms with Crippen LogP contribution in [0.25, 0.3) is 0 Å². The molecule has 162 valence electrons. The van der Waals surface area contributed by atoms with Gasteiger partial charge in [-0.2, -0.15) is 4.31 Å². The molecule has 1 heterocycles. The number of hydrogen-bond donors (Lipinski definition) is 0. The number of rotatable bonds is 7. The summed E-state index contributed by atoms with van der Waals surface area (Å²) in [5.74, 6) is 1.39. The molecule has 0 radical (unpaired) electrons. The molecule has 1 fully saturated rings. The third-order valence-corrected chi connectivity index (χ3v) is 7.54. The Kier molecular flexibility index (Phi) is 7.23. The maximum Gasteiger partial charge on any atom is 0.244 e. The largest absolute Gasteiger partial charge is 0.497 e. The SMILES string of the molecule is COc1ccc(OC)c(CCC(=O)N2CCN(S(=O)(=O)c3ccccc3Cl)CC2)c1. The topological polar surface area (TPSA) is 76.2 Å². The molecule has 1 amide bonds. The lowest BCUT2D eigenvalue weighted by atomic mass is 10.1. The first-order chi connectivity index (χ1) is 14.4. The van der Waals surface area contributed by atoms with Crippen LogP contribution in [0.2, 0.25) is 5.02 Å². The van der Waals surface area contributed by atoms with Crippen molar-refractivity contribution in [2.75, 3.05) is 40.4 Å². The predicted molar refractivity (Wildman–Crippen MR) is 115 cm³/mol. The predicted octanol–water partition coefficient (Wildman–Crippen LogP) is 2.82. The number of carbonyl (C=O) groups is 1. The standard InChI is InChI=1S/C21H25ClN2O5S/c1-28-17-8-9-19(29-2)16(15-17)7-10-21(25)23-11-13-24(14-12-23)30(26,27)20-6-4-3-5-18(20)22/h3-6,8-9,15H,7,10-14H2,1-2H3. The van der Waals surface area contributed by atoms with Gasteiger partial charge in [0.2, 0.25) is 15.9 Å². The summed E-state index contributed by atoms with van der Waals surface area (Å²) < 4.78 is 37.7. The van der Waals surface area contributed by atoms with Crippen LogP contribution in [0.5, 0.6) is 11.5 Å². The Labute approximate surface area is 182 Å². The lowest BCUT2D eigenvalue weighted by Gasteiger charge is -2.34. The molecule has 3 rings (SSSR count). The molecule has 0 saturated carbocycles. The van der Waals surface area contributed by atoms with E-state index >= 15 is 0 Å². The molecule has 0 N–H and O–H groups in total. The smallest absolute Gasteiger partial charge is 0.244 e. The maximum atomic E-state index is 12.8. The van der Waals surface area contributed by atoms with Gasteiger partial charge in [0.15, 0.2) is 0 Å². The quantitative estimate of drug-likeness (QED) is 0.645. The first kappa shape index (κ1) is 22.4. The lowest BCUT2D eigenvalue weighted by molar-refractivity contribution is -0.132. The number of methoxy groups -OCH3 is 2. The van der Waals surface area contributed by atoms with E-state index in [1.165, 1.54) is 10.4 Å². The summed E-state index contributed by atoms with van der Waals surface area (Å²) in [5.41, 5.74) is 0.894. The van der Waals surface area contributed by atoms with Gasteiger partial charge in [0.25, 0.3) is 0 Å². The van der Waals surface area contributed by atoms with Gasteiger partial charge >= 0.3 is 0 Å². The van der Waals surface area contributed by atoms with Gasteiger partial charge in [0, 0.05) is 32.6 Å². The molecule has 0 aromatic heterocycles. The molecule has 1 aliphatic heterocycles. The number of halogens is 1. The summed E-state index contributed by atoms with van der Waals surface area (Å²) in [6.07, 6.45) is 0.818. The molecule has 0 spiro atoms. The van der Waals surface area contributed by atoms with Gasteiger partial charge in [0.05, 0.1) is 19.2 Å². The van der Waals surface area contributed by atoms with E-state index in [1.54, 1.807) is 37.3 Å². The van der Waals surface area contributed by atoms with Crippen molar-refractivity contribution in [2.24, 2.45) is 0 Å². The van der Waals surface area contributed by atoms with Crippen LogP contribution in [0, 0.1) is 0 Å². The number of carbonyl (C=O) groups excluding carboxylic acids is 1. The molecule has 0 bridgehead atoms. The van der Waals surface area contributed by atoms with Gasteiger partial charge < -0.3 is 14.4 Å². The maximum absolute atomic E-state index is 12.8. The Balaban J connectivity index is 1.59. The van der Waals surface area contributed by atoms with Gasteiger partial charge in [-0.15, -0.1) is 0 Å². The number of hydrogen-bond acceptors (Lipinski definition) is 5. The second-order valence-corrected chi connectivity index (χ2v) is 9.21. The first-order valence-electron chi connectivity index (χ1n) is 9.60. The van der Waals surface area contributed by atoms with E-state index < -0.39 is 10.0 Å². The highest BCUT2D eigenvalue weighted by Crippen LogP contribution is 2.27. The number of amides is 1. The minimum absolute atomic E-state index is 0.0188. The molecule has 1 saturated heterocycles. The van der Waals surface area contributed by atoms with Crippen LogP contribution in [-0.2, 0) is 21.2 Å². The van der Waals surface area contributed by atoms with Crippen LogP contribution in [0.1, 0.15) is 12.0 Å². The van der Waals surface area contributed by atoms with E-state index in [0.29, 0.717) is 37.4 Å². The fourth-order valence-corrected chi connectivity index (χ4v) is 5.36. The van der Waals surface area contributed by atoms with E-state index in [4.69, 9.17) is 21.1 Å². The van der Waals surface area contributed by atoms with Crippen molar-refractivity contribution in [3.63, 3.8) is 0 Å². The zero-order valence-corrected chi connectivity index (χ0v) is 18.6. The van der Waals surface area contributed by atoms with Crippen LogP contribution in [0.15, 0.2) is 47.4 Å². The van der Waals surface area contributed by atoms with Crippen LogP contribution < -0.4 is 9.47 Å². The highest BCUT2D eigenvalue weighted by atomic mass is 35.5. The summed E-state index contributed by atoms with van der Waals surface area (Å²) in [7, 11) is -0.502. The first-order valence-corrected chi connectivity index (χ1v) is 11.4. The molecule has 7 nitrogen and oxygen atoms in total. The van der Waals surface area contributed by atoms with Crippen molar-refractivity contribution in [3.05, 3.63) is 53.1 Å². The van der Waals surface area contributed by atoms with Gasteiger partial charge in [0.1, 0.15) is 16.4 Å². The number of piperazine rings is 1. The van der Waals surface area contributed by atoms with Crippen molar-refractivity contribution >= 4 is 27.5 Å². The van der Waals surface area contributed by atoms with Gasteiger partial charge in [-0.3, -0.25) is 4.79 Å². The molecular weight excluding hydrogens is 428 g/mol. The molecule has 1 aliphatic rings. The van der Waals surface area contributed by atoms with Crippen molar-refractivity contribution in [3.8, 4) is 11.5 Å². The zero-order valence-electron chi connectivity index (χ0n) is 17.0. The summed E-state index contributed by atoms with van der Waals surface area (Å²) in [6, 6.07) is 11.9. The third kappa shape index (κ3) is 4.88. The van der Waals surface area contributed by atoms with E-state index in [0.717, 1.165) is 5.56 Å². The zero-order chi connectivity index (χ0) is 21.7. The average Bonchev–Trinajstić information content (AvgIpc) is 2.77. The number of nitrogens with zero attached hydrogens (tertiary/aromatic N) is 2. The number of aryl methyl sites for hydroxylation is 1. The Morgan fingerprint density at radius 3 is 2.37 bits per heavy atom. The molecular formula is C21H25ClN2O5S. The van der Waals surface area contributed by atoms with Crippen molar-refractivity contribution < 1.29 is 22.7 Å². The van der Waals surface area contributed by atoms with Crippen LogP contribution in [0.3, 0.4) is 0 Å². The summed E-state index contributed by atoms with van der Waals surface area (Å²) >= 11 is 6.06. The van der Waals surface area contributed by atoms with Gasteiger partial charge in [-0.1, -0.05) is 23.7 Å². The normalized spacial score (nSPS) is 15.1. The summed E-state index contributed by atoms with van der Waals surface area (Å²) in [5, 5.41) is 0.197. The summed E-state index contributed by atoms with van der Waals surface area (Å²) in [4.78, 5) is 14.5. The minimum atomic E-state index is -3.68. The summed E-state index contributed by atoms with van der Waals surface area (Å²) in [6.45, 7) is 1.17. The molecule has 30 heavy (non-hydrogen) atoms. The Morgan fingerprint density at radius 1 is 1.03 bits per heavy atom. The van der Waals surface area contributed by atoms with E-state index in [1.807, 2.05) is 18.2 Å². The lowest BCUT2D eigenvalue weighted by Crippen LogP contribution is -2.50. The van der Waals surface area contributed by atoms with Gasteiger partial charge in [-0.05, 0) is 42.3 Å². The molecule has 0 aliphatic carbocycles. The van der Waals surface area contributed by atoms with Crippen molar-refractivity contribution in [1.29, 1.82) is 0 Å². The van der Waals surface area contributed by atoms with E-state index in [2.05, 4.69) is 0 Å². The van der Waals surface area contributed by atoms with Crippen LogP contribution >= 0.6 is 11.6 Å². The Morgan fingerprint density at radius 2 is 1.73 bits per heavy atom. The highest BCUT2D eigenvalue weighted by Gasteiger charge is 2.31. The Hall–Kier alpha value is -2.29. The fraction of sp³-hybridized carbons (Fsp3) is 0.381. The number of benzene rings is 2. The number of sulfonamides is 1. The van der Waals surface area contributed by atoms with E-state index in [-0.39, 0.29) is 28.9 Å². The monoisotopic (exact) mass is 452 g/mol. The molecule has 0 unspecified atom stereocenters. The average molecular weight is 453 g/mol. The highest BCUT2D eigenvalue weighted by molar-refractivity contribution is 7.89.